The molecule has 0 spiro atoms. The third-order valence-corrected chi connectivity index (χ3v) is 4.33. The maximum atomic E-state index is 11.8. The molecule has 0 bridgehead atoms. The Kier molecular flexibility index (Phi) is 3.12. The van der Waals surface area contributed by atoms with Gasteiger partial charge in [-0.05, 0) is 29.4 Å². The number of benzene rings is 1. The summed E-state index contributed by atoms with van der Waals surface area (Å²) in [7, 11) is 1.54. The van der Waals surface area contributed by atoms with E-state index in [1.807, 2.05) is 24.3 Å². The number of carboxylic acids is 1. The van der Waals surface area contributed by atoms with E-state index >= 15 is 0 Å². The quantitative estimate of drug-likeness (QED) is 0.848. The minimum Gasteiger partial charge on any atom is -0.479 e. The molecule has 0 saturated heterocycles. The number of aliphatic carboxylic acids is 1. The van der Waals surface area contributed by atoms with Crippen LogP contribution in [0.5, 0.6) is 0 Å². The number of likely N-dealkylation sites (N-methyl/N-ethyl adjacent to an activating group) is 1. The molecular weight excluding hydrogens is 242 g/mol. The van der Waals surface area contributed by atoms with Crippen LogP contribution in [-0.4, -0.2) is 29.4 Å². The van der Waals surface area contributed by atoms with Crippen LogP contribution in [0.1, 0.15) is 37.8 Å². The molecule has 1 aromatic rings. The summed E-state index contributed by atoms with van der Waals surface area (Å²) < 4.78 is 0. The zero-order valence-corrected chi connectivity index (χ0v) is 11.5. The largest absolute Gasteiger partial charge is 0.479 e. The summed E-state index contributed by atoms with van der Waals surface area (Å²) in [4.78, 5) is 24.3. The SMILES string of the molecule is CN(C=O)C1(C(=O)O)CCC(C)(C)c2ccccc21. The normalized spacial score (nSPS) is 24.4. The minimum atomic E-state index is -1.24. The van der Waals surface area contributed by atoms with Gasteiger partial charge in [-0.25, -0.2) is 4.79 Å². The monoisotopic (exact) mass is 261 g/mol. The lowest BCUT2D eigenvalue weighted by atomic mass is 9.65. The lowest BCUT2D eigenvalue weighted by Crippen LogP contribution is -2.53. The first-order chi connectivity index (χ1) is 8.86. The van der Waals surface area contributed by atoms with Gasteiger partial charge in [-0.15, -0.1) is 0 Å². The number of amides is 1. The molecule has 0 radical (unpaired) electrons. The number of carbonyl (C=O) groups excluding carboxylic acids is 1. The number of hydrogen-bond donors (Lipinski definition) is 1. The second-order valence-corrected chi connectivity index (χ2v) is 5.81. The van der Waals surface area contributed by atoms with E-state index in [-0.39, 0.29) is 5.41 Å². The van der Waals surface area contributed by atoms with E-state index in [2.05, 4.69) is 13.8 Å². The zero-order valence-electron chi connectivity index (χ0n) is 11.5. The number of carboxylic acid groups (broad SMARTS) is 1. The van der Waals surface area contributed by atoms with Crippen LogP contribution >= 0.6 is 0 Å². The van der Waals surface area contributed by atoms with Crippen molar-refractivity contribution in [1.82, 2.24) is 4.90 Å². The average molecular weight is 261 g/mol. The second-order valence-electron chi connectivity index (χ2n) is 5.81. The molecule has 1 amide bonds. The Morgan fingerprint density at radius 1 is 1.26 bits per heavy atom. The molecule has 2 rings (SSSR count). The van der Waals surface area contributed by atoms with Gasteiger partial charge >= 0.3 is 5.97 Å². The first-order valence-electron chi connectivity index (χ1n) is 6.38. The van der Waals surface area contributed by atoms with Gasteiger partial charge in [0.2, 0.25) is 6.41 Å². The highest BCUT2D eigenvalue weighted by atomic mass is 16.4. The van der Waals surface area contributed by atoms with E-state index in [1.165, 1.54) is 11.9 Å². The van der Waals surface area contributed by atoms with Gasteiger partial charge in [0, 0.05) is 7.05 Å². The highest BCUT2D eigenvalue weighted by Crippen LogP contribution is 2.47. The molecule has 0 heterocycles. The van der Waals surface area contributed by atoms with E-state index in [1.54, 1.807) is 0 Å². The van der Waals surface area contributed by atoms with Crippen LogP contribution in [0, 0.1) is 0 Å². The Morgan fingerprint density at radius 3 is 2.37 bits per heavy atom. The second kappa shape index (κ2) is 4.37. The highest BCUT2D eigenvalue weighted by molar-refractivity contribution is 5.84. The molecule has 0 fully saturated rings. The summed E-state index contributed by atoms with van der Waals surface area (Å²) in [5, 5.41) is 9.71. The first-order valence-corrected chi connectivity index (χ1v) is 6.38. The fourth-order valence-electron chi connectivity index (χ4n) is 3.03. The van der Waals surface area contributed by atoms with Crippen molar-refractivity contribution in [2.24, 2.45) is 0 Å². The number of rotatable bonds is 3. The van der Waals surface area contributed by atoms with Crippen LogP contribution in [-0.2, 0) is 20.5 Å². The van der Waals surface area contributed by atoms with Gasteiger partial charge in [-0.1, -0.05) is 38.1 Å². The molecule has 19 heavy (non-hydrogen) atoms. The first kappa shape index (κ1) is 13.6. The zero-order chi connectivity index (χ0) is 14.3. The van der Waals surface area contributed by atoms with Gasteiger partial charge in [0.25, 0.3) is 0 Å². The van der Waals surface area contributed by atoms with Crippen molar-refractivity contribution in [2.45, 2.75) is 37.6 Å². The summed E-state index contributed by atoms with van der Waals surface area (Å²) in [5.74, 6) is -0.968. The van der Waals surface area contributed by atoms with Gasteiger partial charge in [0.1, 0.15) is 0 Å². The molecule has 4 nitrogen and oxygen atoms in total. The van der Waals surface area contributed by atoms with Crippen LogP contribution in [0.25, 0.3) is 0 Å². The third-order valence-electron chi connectivity index (χ3n) is 4.33. The fourth-order valence-corrected chi connectivity index (χ4v) is 3.03. The van der Waals surface area contributed by atoms with Crippen molar-refractivity contribution in [1.29, 1.82) is 0 Å². The standard InChI is InChI=1S/C15H19NO3/c1-14(2)8-9-15(13(18)19,16(3)10-17)12-7-5-4-6-11(12)14/h4-7,10H,8-9H2,1-3H3,(H,18,19). The molecule has 1 atom stereocenters. The van der Waals surface area contributed by atoms with Crippen molar-refractivity contribution in [3.8, 4) is 0 Å². The van der Waals surface area contributed by atoms with Crippen LogP contribution in [0.4, 0.5) is 0 Å². The van der Waals surface area contributed by atoms with E-state index in [9.17, 15) is 14.7 Å². The molecule has 1 N–H and O–H groups in total. The van der Waals surface area contributed by atoms with Crippen molar-refractivity contribution in [3.63, 3.8) is 0 Å². The molecule has 4 heteroatoms. The maximum absolute atomic E-state index is 11.8. The smallest absolute Gasteiger partial charge is 0.334 e. The Labute approximate surface area is 113 Å². The van der Waals surface area contributed by atoms with E-state index in [0.717, 1.165) is 17.5 Å². The summed E-state index contributed by atoms with van der Waals surface area (Å²) in [6.45, 7) is 4.22. The summed E-state index contributed by atoms with van der Waals surface area (Å²) >= 11 is 0. The van der Waals surface area contributed by atoms with E-state index in [0.29, 0.717) is 12.8 Å². The van der Waals surface area contributed by atoms with Crippen molar-refractivity contribution < 1.29 is 14.7 Å². The Balaban J connectivity index is 2.72. The Bertz CT molecular complexity index is 524. The van der Waals surface area contributed by atoms with Gasteiger partial charge in [0.15, 0.2) is 5.54 Å². The third kappa shape index (κ3) is 1.82. The molecular formula is C15H19NO3. The summed E-state index contributed by atoms with van der Waals surface area (Å²) in [5.41, 5.74) is 0.429. The lowest BCUT2D eigenvalue weighted by Gasteiger charge is -2.46. The topological polar surface area (TPSA) is 57.6 Å². The predicted molar refractivity (Wildman–Crippen MR) is 71.8 cm³/mol. The Hall–Kier alpha value is -1.84. The van der Waals surface area contributed by atoms with Crippen molar-refractivity contribution >= 4 is 12.4 Å². The van der Waals surface area contributed by atoms with Gasteiger partial charge in [-0.2, -0.15) is 0 Å². The van der Waals surface area contributed by atoms with Crippen molar-refractivity contribution in [3.05, 3.63) is 35.4 Å². The molecule has 1 aromatic carbocycles. The highest BCUT2D eigenvalue weighted by Gasteiger charge is 2.50. The number of fused-ring (bicyclic) bond motifs is 1. The molecule has 0 aromatic heterocycles. The average Bonchev–Trinajstić information content (AvgIpc) is 2.38. The Morgan fingerprint density at radius 2 is 1.84 bits per heavy atom. The predicted octanol–water partition coefficient (Wildman–Crippen LogP) is 2.13. The molecule has 1 aliphatic carbocycles. The lowest BCUT2D eigenvalue weighted by molar-refractivity contribution is -0.156. The fraction of sp³-hybridized carbons (Fsp3) is 0.467. The molecule has 102 valence electrons. The van der Waals surface area contributed by atoms with Crippen LogP contribution < -0.4 is 0 Å². The van der Waals surface area contributed by atoms with Gasteiger partial charge in [0.05, 0.1) is 0 Å². The van der Waals surface area contributed by atoms with E-state index in [4.69, 9.17) is 0 Å². The summed E-state index contributed by atoms with van der Waals surface area (Å²) in [6, 6.07) is 7.53. The molecule has 1 aliphatic rings. The number of hydrogen-bond acceptors (Lipinski definition) is 2. The molecule has 1 unspecified atom stereocenters. The van der Waals surface area contributed by atoms with E-state index < -0.39 is 11.5 Å². The molecule has 0 aliphatic heterocycles. The maximum Gasteiger partial charge on any atom is 0.334 e. The van der Waals surface area contributed by atoms with Crippen LogP contribution in [0.3, 0.4) is 0 Å². The number of nitrogens with zero attached hydrogens (tertiary/aromatic N) is 1. The minimum absolute atomic E-state index is 0.0702. The van der Waals surface area contributed by atoms with Gasteiger partial charge < -0.3 is 10.0 Å². The molecule has 0 saturated carbocycles. The van der Waals surface area contributed by atoms with Crippen LogP contribution in [0.2, 0.25) is 0 Å². The van der Waals surface area contributed by atoms with Crippen LogP contribution in [0.15, 0.2) is 24.3 Å². The number of carbonyl (C=O) groups is 2. The van der Waals surface area contributed by atoms with Gasteiger partial charge in [-0.3, -0.25) is 4.79 Å². The summed E-state index contributed by atoms with van der Waals surface area (Å²) in [6.07, 6.45) is 1.76. The van der Waals surface area contributed by atoms with Crippen molar-refractivity contribution in [2.75, 3.05) is 7.05 Å².